The molecule has 0 aliphatic rings. The van der Waals surface area contributed by atoms with Crippen molar-refractivity contribution in [2.45, 2.75) is 33.0 Å². The molecule has 0 saturated carbocycles. The summed E-state index contributed by atoms with van der Waals surface area (Å²) in [5.74, 6) is 0.601. The molecule has 14 heavy (non-hydrogen) atoms. The molecule has 1 N–H and O–H groups in total. The summed E-state index contributed by atoms with van der Waals surface area (Å²) >= 11 is 0. The van der Waals surface area contributed by atoms with Crippen LogP contribution in [0.3, 0.4) is 0 Å². The van der Waals surface area contributed by atoms with Crippen molar-refractivity contribution < 1.29 is 9.84 Å². The van der Waals surface area contributed by atoms with Gasteiger partial charge in [-0.1, -0.05) is 0 Å². The molecule has 0 spiro atoms. The first-order valence-corrected chi connectivity index (χ1v) is 4.50. The van der Waals surface area contributed by atoms with Crippen LogP contribution in [0.4, 0.5) is 0 Å². The first-order chi connectivity index (χ1) is 6.49. The summed E-state index contributed by atoms with van der Waals surface area (Å²) in [5, 5.41) is 8.99. The van der Waals surface area contributed by atoms with Gasteiger partial charge in [0.25, 0.3) is 0 Å². The van der Waals surface area contributed by atoms with E-state index in [2.05, 4.69) is 9.97 Å². The van der Waals surface area contributed by atoms with Gasteiger partial charge in [-0.15, -0.1) is 0 Å². The fourth-order valence-corrected chi connectivity index (χ4v) is 1.08. The number of aryl methyl sites for hydroxylation is 1. The first kappa shape index (κ1) is 11.1. The van der Waals surface area contributed by atoms with Crippen LogP contribution in [0, 0.1) is 6.92 Å². The molecule has 1 rings (SSSR count). The molecule has 4 nitrogen and oxygen atoms in total. The van der Waals surface area contributed by atoms with Gasteiger partial charge in [0.1, 0.15) is 5.60 Å². The summed E-state index contributed by atoms with van der Waals surface area (Å²) in [7, 11) is 1.62. The molecule has 1 aromatic heterocycles. The molecule has 0 bridgehead atoms. The molecule has 1 heterocycles. The number of rotatable bonds is 3. The Balaban J connectivity index is 3.15. The van der Waals surface area contributed by atoms with E-state index in [1.807, 2.05) is 20.8 Å². The number of hydrogen-bond donors (Lipinski definition) is 1. The summed E-state index contributed by atoms with van der Waals surface area (Å²) in [4.78, 5) is 8.49. The van der Waals surface area contributed by atoms with Gasteiger partial charge in [-0.05, 0) is 26.8 Å². The zero-order chi connectivity index (χ0) is 10.8. The topological polar surface area (TPSA) is 55.2 Å². The SMILES string of the molecule is COC(C)(C)c1nc(C)cc(CO)n1. The molecule has 4 heteroatoms. The molecule has 0 saturated heterocycles. The van der Waals surface area contributed by atoms with Gasteiger partial charge in [0.15, 0.2) is 5.82 Å². The third-order valence-electron chi connectivity index (χ3n) is 2.12. The van der Waals surface area contributed by atoms with Crippen molar-refractivity contribution in [1.29, 1.82) is 0 Å². The summed E-state index contributed by atoms with van der Waals surface area (Å²) in [6.07, 6.45) is 0. The Bertz CT molecular complexity index is 324. The van der Waals surface area contributed by atoms with E-state index < -0.39 is 5.60 Å². The third kappa shape index (κ3) is 2.27. The van der Waals surface area contributed by atoms with Crippen molar-refractivity contribution in [3.8, 4) is 0 Å². The average molecular weight is 196 g/mol. The minimum absolute atomic E-state index is 0.0733. The van der Waals surface area contributed by atoms with Crippen LogP contribution < -0.4 is 0 Å². The maximum absolute atomic E-state index is 8.99. The van der Waals surface area contributed by atoms with Gasteiger partial charge in [0.05, 0.1) is 12.3 Å². The Kier molecular flexibility index (Phi) is 3.18. The summed E-state index contributed by atoms with van der Waals surface area (Å²) in [6, 6.07) is 1.76. The van der Waals surface area contributed by atoms with Gasteiger partial charge in [-0.25, -0.2) is 9.97 Å². The molecule has 0 fully saturated rings. The van der Waals surface area contributed by atoms with E-state index >= 15 is 0 Å². The van der Waals surface area contributed by atoms with Crippen molar-refractivity contribution in [3.63, 3.8) is 0 Å². The second-order valence-corrected chi connectivity index (χ2v) is 3.70. The predicted octanol–water partition coefficient (Wildman–Crippen LogP) is 1.16. The van der Waals surface area contributed by atoms with Gasteiger partial charge < -0.3 is 9.84 Å². The van der Waals surface area contributed by atoms with E-state index in [1.54, 1.807) is 13.2 Å². The maximum atomic E-state index is 8.99. The largest absolute Gasteiger partial charge is 0.390 e. The first-order valence-electron chi connectivity index (χ1n) is 4.50. The monoisotopic (exact) mass is 196 g/mol. The van der Waals surface area contributed by atoms with Gasteiger partial charge in [-0.3, -0.25) is 0 Å². The highest BCUT2D eigenvalue weighted by Crippen LogP contribution is 2.20. The molecule has 0 aliphatic heterocycles. The summed E-state index contributed by atoms with van der Waals surface area (Å²) in [5.41, 5.74) is 0.942. The van der Waals surface area contributed by atoms with Crippen LogP contribution in [-0.2, 0) is 16.9 Å². The van der Waals surface area contributed by atoms with Crippen LogP contribution in [0.5, 0.6) is 0 Å². The number of ether oxygens (including phenoxy) is 1. The van der Waals surface area contributed by atoms with E-state index in [-0.39, 0.29) is 6.61 Å². The summed E-state index contributed by atoms with van der Waals surface area (Å²) < 4.78 is 5.27. The second-order valence-electron chi connectivity index (χ2n) is 3.70. The Morgan fingerprint density at radius 1 is 1.43 bits per heavy atom. The third-order valence-corrected chi connectivity index (χ3v) is 2.12. The van der Waals surface area contributed by atoms with Gasteiger partial charge in [-0.2, -0.15) is 0 Å². The maximum Gasteiger partial charge on any atom is 0.160 e. The average Bonchev–Trinajstić information content (AvgIpc) is 2.16. The molecule has 78 valence electrons. The Morgan fingerprint density at radius 2 is 2.07 bits per heavy atom. The van der Waals surface area contributed by atoms with Crippen molar-refractivity contribution in [3.05, 3.63) is 23.3 Å². The zero-order valence-corrected chi connectivity index (χ0v) is 9.03. The van der Waals surface area contributed by atoms with Crippen LogP contribution in [0.25, 0.3) is 0 Å². The second kappa shape index (κ2) is 4.02. The minimum Gasteiger partial charge on any atom is -0.390 e. The summed E-state index contributed by atoms with van der Waals surface area (Å²) in [6.45, 7) is 5.58. The highest BCUT2D eigenvalue weighted by molar-refractivity contribution is 5.12. The zero-order valence-electron chi connectivity index (χ0n) is 9.03. The molecule has 0 amide bonds. The molecule has 0 aliphatic carbocycles. The smallest absolute Gasteiger partial charge is 0.160 e. The number of aliphatic hydroxyl groups is 1. The number of methoxy groups -OCH3 is 1. The molecule has 1 aromatic rings. The molecular weight excluding hydrogens is 180 g/mol. The highest BCUT2D eigenvalue weighted by atomic mass is 16.5. The quantitative estimate of drug-likeness (QED) is 0.788. The Hall–Kier alpha value is -1.00. The molecule has 0 unspecified atom stereocenters. The lowest BCUT2D eigenvalue weighted by atomic mass is 10.1. The van der Waals surface area contributed by atoms with Crippen molar-refractivity contribution >= 4 is 0 Å². The van der Waals surface area contributed by atoms with E-state index in [0.717, 1.165) is 5.69 Å². The molecule has 0 atom stereocenters. The Morgan fingerprint density at radius 3 is 2.57 bits per heavy atom. The minimum atomic E-state index is -0.518. The number of nitrogens with zero attached hydrogens (tertiary/aromatic N) is 2. The van der Waals surface area contributed by atoms with Gasteiger partial charge in [0, 0.05) is 12.8 Å². The van der Waals surface area contributed by atoms with E-state index in [9.17, 15) is 0 Å². The lowest BCUT2D eigenvalue weighted by Crippen LogP contribution is -2.24. The van der Waals surface area contributed by atoms with Crippen LogP contribution in [0.2, 0.25) is 0 Å². The fraction of sp³-hybridized carbons (Fsp3) is 0.600. The lowest BCUT2D eigenvalue weighted by Gasteiger charge is -2.21. The highest BCUT2D eigenvalue weighted by Gasteiger charge is 2.23. The predicted molar refractivity (Wildman–Crippen MR) is 52.7 cm³/mol. The van der Waals surface area contributed by atoms with Gasteiger partial charge >= 0.3 is 0 Å². The van der Waals surface area contributed by atoms with E-state index in [1.165, 1.54) is 0 Å². The molecular formula is C10H16N2O2. The lowest BCUT2D eigenvalue weighted by molar-refractivity contribution is 0.0109. The normalized spacial score (nSPS) is 11.8. The van der Waals surface area contributed by atoms with Crippen LogP contribution in [0.15, 0.2) is 6.07 Å². The standard InChI is InChI=1S/C10H16N2O2/c1-7-5-8(6-13)12-9(11-7)10(2,3)14-4/h5,13H,6H2,1-4H3. The van der Waals surface area contributed by atoms with Crippen molar-refractivity contribution in [2.75, 3.05) is 7.11 Å². The van der Waals surface area contributed by atoms with E-state index in [4.69, 9.17) is 9.84 Å². The van der Waals surface area contributed by atoms with Gasteiger partial charge in [0.2, 0.25) is 0 Å². The fourth-order valence-electron chi connectivity index (χ4n) is 1.08. The molecule has 0 aromatic carbocycles. The number of aliphatic hydroxyl groups excluding tert-OH is 1. The number of hydrogen-bond acceptors (Lipinski definition) is 4. The number of aromatic nitrogens is 2. The molecule has 0 radical (unpaired) electrons. The van der Waals surface area contributed by atoms with Crippen LogP contribution >= 0.6 is 0 Å². The van der Waals surface area contributed by atoms with Crippen molar-refractivity contribution in [2.24, 2.45) is 0 Å². The van der Waals surface area contributed by atoms with E-state index in [0.29, 0.717) is 11.5 Å². The van der Waals surface area contributed by atoms with Crippen molar-refractivity contribution in [1.82, 2.24) is 9.97 Å². The van der Waals surface area contributed by atoms with Crippen LogP contribution in [0.1, 0.15) is 31.1 Å². The van der Waals surface area contributed by atoms with Crippen LogP contribution in [-0.4, -0.2) is 22.2 Å². The Labute approximate surface area is 84.0 Å².